The molecule has 8 rings (SSSR count). The van der Waals surface area contributed by atoms with Crippen molar-refractivity contribution >= 4 is 35.3 Å². The van der Waals surface area contributed by atoms with Crippen molar-refractivity contribution in [1.29, 1.82) is 0 Å². The Morgan fingerprint density at radius 1 is 0.893 bits per heavy atom. The minimum absolute atomic E-state index is 0.0302. The number of methoxy groups -OCH3 is 2. The van der Waals surface area contributed by atoms with Crippen LogP contribution < -0.4 is 24.3 Å². The maximum atomic E-state index is 13.5. The maximum absolute atomic E-state index is 13.5. The fourth-order valence-corrected chi connectivity index (χ4v) is 7.79. The van der Waals surface area contributed by atoms with Gasteiger partial charge in [0, 0.05) is 18.5 Å². The molecular weight excluding hydrogens is 761 g/mol. The molecule has 14 heteroatoms. The Morgan fingerprint density at radius 2 is 1.57 bits per heavy atom. The number of amides is 1. The molecule has 3 fully saturated rings. The van der Waals surface area contributed by atoms with E-state index in [1.54, 1.807) is 24.3 Å². The van der Waals surface area contributed by atoms with Gasteiger partial charge in [-0.1, -0.05) is 71.7 Å². The number of nitrogens with one attached hydrogen (secondary N) is 1. The minimum atomic E-state index is -0.903. The molecule has 0 spiro atoms. The lowest BCUT2D eigenvalue weighted by molar-refractivity contribution is -0.605. The molecule has 0 saturated carbocycles. The molecule has 2 aromatic heterocycles. The van der Waals surface area contributed by atoms with E-state index in [1.807, 2.05) is 54.6 Å². The molecule has 0 radical (unpaired) electrons. The van der Waals surface area contributed by atoms with Crippen LogP contribution in [0.4, 0.5) is 4.79 Å². The summed E-state index contributed by atoms with van der Waals surface area (Å²) >= 11 is 12.8. The molecule has 5 aromatic rings. The number of alkyl carbamates (subject to hydrolysis) is 1. The predicted octanol–water partition coefficient (Wildman–Crippen LogP) is 7.87. The van der Waals surface area contributed by atoms with E-state index >= 15 is 0 Å². The van der Waals surface area contributed by atoms with E-state index < -0.39 is 24.2 Å². The minimum Gasteiger partial charge on any atom is -0.619 e. The molecule has 12 nitrogen and oxygen atoms in total. The standard InChI is InChI=1S/C42H41Cl2N3O9/c1-51-35-14-10-29(20-38(35)52-2)37(21-32-33(43)22-47(50)23-34(32)44)55-41(48)36-15-13-31(54-36)25-53-30-11-8-28(9-12-30)40(27-6-4-3-5-7-27)45-42(49)56-39-24-46-18-16-26(39)17-19-46/h3-15,20,22-23,26,37,39-40H,16-19,21,24-25H2,1-2H3,(H,45,49)/t37-,39-,40?/m0/s1. The Bertz CT molecular complexity index is 2120. The Morgan fingerprint density at radius 3 is 2.23 bits per heavy atom. The fourth-order valence-electron chi connectivity index (χ4n) is 7.19. The van der Waals surface area contributed by atoms with Crippen molar-refractivity contribution in [3.8, 4) is 17.2 Å². The first-order valence-corrected chi connectivity index (χ1v) is 19.0. The summed E-state index contributed by atoms with van der Waals surface area (Å²) in [5, 5.41) is 15.2. The molecule has 3 saturated heterocycles. The average molecular weight is 803 g/mol. The topological polar surface area (TPSA) is 136 Å². The summed E-state index contributed by atoms with van der Waals surface area (Å²) in [6.07, 6.45) is 3.06. The normalized spacial score (nSPS) is 18.4. The molecule has 2 bridgehead atoms. The van der Waals surface area contributed by atoms with Gasteiger partial charge in [0.15, 0.2) is 23.9 Å². The van der Waals surface area contributed by atoms with Crippen LogP contribution in [0.1, 0.15) is 63.6 Å². The summed E-state index contributed by atoms with van der Waals surface area (Å²) in [7, 11) is 3.01. The Labute approximate surface area is 334 Å². The highest BCUT2D eigenvalue weighted by Crippen LogP contribution is 2.36. The largest absolute Gasteiger partial charge is 0.619 e. The number of fused-ring (bicyclic) bond motifs is 3. The molecule has 3 atom stereocenters. The van der Waals surface area contributed by atoms with Gasteiger partial charge in [-0.2, -0.15) is 4.73 Å². The number of furan rings is 1. The second-order valence-corrected chi connectivity index (χ2v) is 14.5. The number of hydrogen-bond acceptors (Lipinski definition) is 10. The highest BCUT2D eigenvalue weighted by Gasteiger charge is 2.37. The number of carbonyl (C=O) groups excluding carboxylic acids is 2. The van der Waals surface area contributed by atoms with Gasteiger partial charge in [0.25, 0.3) is 0 Å². The van der Waals surface area contributed by atoms with Gasteiger partial charge in [-0.05, 0) is 84.9 Å². The van der Waals surface area contributed by atoms with E-state index in [1.165, 1.54) is 32.7 Å². The van der Waals surface area contributed by atoms with Gasteiger partial charge in [0.05, 0.1) is 20.3 Å². The lowest BCUT2D eigenvalue weighted by Crippen LogP contribution is -2.52. The number of esters is 1. The second kappa shape index (κ2) is 17.6. The molecule has 1 unspecified atom stereocenters. The molecular formula is C42H41Cl2N3O9. The number of hydrogen-bond donors (Lipinski definition) is 1. The Hall–Kier alpha value is -5.43. The van der Waals surface area contributed by atoms with Gasteiger partial charge < -0.3 is 38.6 Å². The van der Waals surface area contributed by atoms with Gasteiger partial charge in [0.2, 0.25) is 5.76 Å². The smallest absolute Gasteiger partial charge is 0.408 e. The number of carbonyl (C=O) groups is 2. The van der Waals surface area contributed by atoms with Crippen molar-refractivity contribution < 1.29 is 42.4 Å². The van der Waals surface area contributed by atoms with Crippen LogP contribution in [0.15, 0.2) is 102 Å². The molecule has 292 valence electrons. The van der Waals surface area contributed by atoms with Crippen molar-refractivity contribution in [2.75, 3.05) is 33.9 Å². The van der Waals surface area contributed by atoms with Crippen LogP contribution in [0.3, 0.4) is 0 Å². The van der Waals surface area contributed by atoms with Gasteiger partial charge in [-0.25, -0.2) is 9.59 Å². The van der Waals surface area contributed by atoms with Crippen molar-refractivity contribution in [2.24, 2.45) is 5.92 Å². The number of aromatic nitrogens is 1. The van der Waals surface area contributed by atoms with E-state index in [9.17, 15) is 14.8 Å². The SMILES string of the molecule is COc1ccc([C@H](Cc2c(Cl)c[n+]([O-])cc2Cl)OC(=O)c2ccc(COc3ccc(C(NC(=O)O[C@H]4CN5CCC4CC5)c4ccccc4)cc3)o2)cc1OC. The monoisotopic (exact) mass is 801 g/mol. The predicted molar refractivity (Wildman–Crippen MR) is 207 cm³/mol. The van der Waals surface area contributed by atoms with E-state index in [4.69, 9.17) is 51.3 Å². The summed E-state index contributed by atoms with van der Waals surface area (Å²) < 4.78 is 35.1. The van der Waals surface area contributed by atoms with Crippen LogP contribution in [0.5, 0.6) is 17.2 Å². The highest BCUT2D eigenvalue weighted by molar-refractivity contribution is 6.35. The molecule has 3 aliphatic heterocycles. The first-order chi connectivity index (χ1) is 27.2. The third-order valence-corrected chi connectivity index (χ3v) is 10.8. The molecule has 0 aliphatic carbocycles. The Kier molecular flexibility index (Phi) is 12.2. The van der Waals surface area contributed by atoms with E-state index in [0.29, 0.717) is 44.8 Å². The first kappa shape index (κ1) is 38.8. The average Bonchev–Trinajstić information content (AvgIpc) is 3.70. The zero-order valence-electron chi connectivity index (χ0n) is 30.8. The summed E-state index contributed by atoms with van der Waals surface area (Å²) in [4.78, 5) is 29.0. The second-order valence-electron chi connectivity index (χ2n) is 13.7. The van der Waals surface area contributed by atoms with Crippen molar-refractivity contribution in [3.05, 3.63) is 146 Å². The van der Waals surface area contributed by atoms with Gasteiger partial charge >= 0.3 is 12.1 Å². The lowest BCUT2D eigenvalue weighted by atomic mass is 9.86. The van der Waals surface area contributed by atoms with Crippen LogP contribution in [-0.2, 0) is 22.5 Å². The molecule has 3 aliphatic rings. The third kappa shape index (κ3) is 9.15. The first-order valence-electron chi connectivity index (χ1n) is 18.2. The molecule has 1 amide bonds. The number of ether oxygens (including phenoxy) is 5. The van der Waals surface area contributed by atoms with Crippen molar-refractivity contribution in [2.45, 2.75) is 44.1 Å². The molecule has 5 heterocycles. The highest BCUT2D eigenvalue weighted by atomic mass is 35.5. The van der Waals surface area contributed by atoms with E-state index in [0.717, 1.165) is 43.6 Å². The summed E-state index contributed by atoms with van der Waals surface area (Å²) in [5.74, 6) is 1.47. The number of benzene rings is 3. The summed E-state index contributed by atoms with van der Waals surface area (Å²) in [6, 6.07) is 24.9. The molecule has 1 N–H and O–H groups in total. The quantitative estimate of drug-likeness (QED) is 0.0672. The fraction of sp³-hybridized carbons (Fsp3) is 0.310. The van der Waals surface area contributed by atoms with Gasteiger partial charge in [0.1, 0.15) is 40.4 Å². The van der Waals surface area contributed by atoms with Crippen LogP contribution in [0.2, 0.25) is 10.0 Å². The van der Waals surface area contributed by atoms with Crippen LogP contribution >= 0.6 is 23.2 Å². The lowest BCUT2D eigenvalue weighted by Gasteiger charge is -2.43. The number of piperidine rings is 3. The summed E-state index contributed by atoms with van der Waals surface area (Å²) in [6.45, 7) is 2.94. The molecule has 56 heavy (non-hydrogen) atoms. The Balaban J connectivity index is 1.01. The maximum Gasteiger partial charge on any atom is 0.408 e. The van der Waals surface area contributed by atoms with Crippen molar-refractivity contribution in [1.82, 2.24) is 10.2 Å². The van der Waals surface area contributed by atoms with Crippen LogP contribution in [0.25, 0.3) is 0 Å². The number of pyridine rings is 1. The van der Waals surface area contributed by atoms with E-state index in [-0.39, 0.29) is 34.9 Å². The van der Waals surface area contributed by atoms with Crippen LogP contribution in [-0.4, -0.2) is 56.9 Å². The van der Waals surface area contributed by atoms with Crippen molar-refractivity contribution in [3.63, 3.8) is 0 Å². The zero-order valence-corrected chi connectivity index (χ0v) is 32.3. The molecule has 3 aromatic carbocycles. The van der Waals surface area contributed by atoms with Gasteiger partial charge in [-0.15, -0.1) is 0 Å². The number of halogens is 2. The number of rotatable bonds is 14. The van der Waals surface area contributed by atoms with Gasteiger partial charge in [-0.3, -0.25) is 4.90 Å². The van der Waals surface area contributed by atoms with E-state index in [2.05, 4.69) is 10.2 Å². The number of nitrogens with zero attached hydrogens (tertiary/aromatic N) is 2. The zero-order chi connectivity index (χ0) is 39.2. The summed E-state index contributed by atoms with van der Waals surface area (Å²) in [5.41, 5.74) is 2.76. The third-order valence-electron chi connectivity index (χ3n) is 10.2. The van der Waals surface area contributed by atoms with Crippen LogP contribution in [0, 0.1) is 11.1 Å².